The van der Waals surface area contributed by atoms with Crippen LogP contribution in [0.5, 0.6) is 5.88 Å². The maximum atomic E-state index is 13.6. The summed E-state index contributed by atoms with van der Waals surface area (Å²) in [5, 5.41) is 7.12. The van der Waals surface area contributed by atoms with Gasteiger partial charge in [0.05, 0.1) is 24.6 Å². The highest BCUT2D eigenvalue weighted by Gasteiger charge is 2.38. The minimum absolute atomic E-state index is 0.0801. The van der Waals surface area contributed by atoms with Crippen molar-refractivity contribution < 1.29 is 40.6 Å². The Kier molecular flexibility index (Phi) is 7.56. The Morgan fingerprint density at radius 1 is 1.39 bits per heavy atom. The highest BCUT2D eigenvalue weighted by molar-refractivity contribution is 7.86. The highest BCUT2D eigenvalue weighted by Crippen LogP contribution is 2.25. The number of hydrogen-bond acceptors (Lipinski definition) is 6. The number of halogens is 4. The Balaban J connectivity index is 0.000000423. The molecular weight excluding hydrogens is 450 g/mol. The van der Waals surface area contributed by atoms with E-state index in [4.69, 9.17) is 14.6 Å². The molecule has 0 aliphatic carbocycles. The van der Waals surface area contributed by atoms with Gasteiger partial charge in [0.1, 0.15) is 6.61 Å². The molecule has 1 atom stereocenters. The normalized spacial score (nSPS) is 16.9. The lowest BCUT2D eigenvalue weighted by Gasteiger charge is -2.34. The van der Waals surface area contributed by atoms with Gasteiger partial charge < -0.3 is 14.4 Å². The molecule has 1 unspecified atom stereocenters. The van der Waals surface area contributed by atoms with Gasteiger partial charge in [0.15, 0.2) is 5.82 Å². The molecule has 3 rings (SSSR count). The first-order chi connectivity index (χ1) is 14.3. The van der Waals surface area contributed by atoms with Gasteiger partial charge in [0.2, 0.25) is 5.88 Å². The summed E-state index contributed by atoms with van der Waals surface area (Å²) in [5.41, 5.74) is 0.752. The van der Waals surface area contributed by atoms with Crippen LogP contribution in [0.2, 0.25) is 0 Å². The number of carboxylic acids is 1. The lowest BCUT2D eigenvalue weighted by Crippen LogP contribution is -2.46. The summed E-state index contributed by atoms with van der Waals surface area (Å²) >= 11 is 0. The molecule has 10 nitrogen and oxygen atoms in total. The Hall–Kier alpha value is -2.78. The summed E-state index contributed by atoms with van der Waals surface area (Å²) in [6.45, 7) is 0.518. The Morgan fingerprint density at radius 2 is 2.03 bits per heavy atom. The molecule has 0 aromatic carbocycles. The summed E-state index contributed by atoms with van der Waals surface area (Å²) in [6.07, 6.45) is -0.409. The monoisotopic (exact) mass is 469 g/mol. The molecule has 0 amide bonds. The summed E-state index contributed by atoms with van der Waals surface area (Å²) in [6, 6.07) is 2.41. The first-order valence-electron chi connectivity index (χ1n) is 8.55. The van der Waals surface area contributed by atoms with E-state index in [-0.39, 0.29) is 31.6 Å². The summed E-state index contributed by atoms with van der Waals surface area (Å²) < 4.78 is 80.0. The Labute approximate surface area is 174 Å². The summed E-state index contributed by atoms with van der Waals surface area (Å²) in [5.74, 6) is -3.42. The second kappa shape index (κ2) is 9.57. The quantitative estimate of drug-likeness (QED) is 0.656. The molecule has 1 aliphatic rings. The molecular formula is C16H19F4N5O5S. The number of carbonyl (C=O) groups is 1. The van der Waals surface area contributed by atoms with Crippen LogP contribution in [0, 0.1) is 5.82 Å². The first kappa shape index (κ1) is 24.5. The van der Waals surface area contributed by atoms with E-state index < -0.39 is 28.2 Å². The van der Waals surface area contributed by atoms with E-state index in [0.29, 0.717) is 0 Å². The van der Waals surface area contributed by atoms with E-state index in [1.54, 1.807) is 12.5 Å². The number of pyridine rings is 1. The van der Waals surface area contributed by atoms with Gasteiger partial charge >= 0.3 is 12.1 Å². The van der Waals surface area contributed by atoms with Crippen molar-refractivity contribution in [3.8, 4) is 5.88 Å². The van der Waals surface area contributed by atoms with Gasteiger partial charge in [-0.15, -0.1) is 0 Å². The van der Waals surface area contributed by atoms with E-state index in [0.717, 1.165) is 10.00 Å². The average molecular weight is 469 g/mol. The standard InChI is InChI=1S/C14H18FN5O3S.C2HF3O2/c1-18(2)24(21,22)19-7-11-6-16-10-20(11)12(8-19)9-23-14-13(15)4-3-5-17-14;3-2(4,5)1(6)7/h3-6,10,12H,7-9H2,1-2H3;(H,6,7). The number of imidazole rings is 1. The molecule has 0 bridgehead atoms. The zero-order valence-electron chi connectivity index (χ0n) is 16.3. The molecule has 15 heteroatoms. The van der Waals surface area contributed by atoms with Gasteiger partial charge in [-0.3, -0.25) is 0 Å². The van der Waals surface area contributed by atoms with Crippen LogP contribution in [0.15, 0.2) is 30.9 Å². The van der Waals surface area contributed by atoms with Crippen LogP contribution >= 0.6 is 0 Å². The highest BCUT2D eigenvalue weighted by atomic mass is 32.2. The number of aromatic nitrogens is 3. The smallest absolute Gasteiger partial charge is 0.475 e. The van der Waals surface area contributed by atoms with Crippen LogP contribution in [-0.2, 0) is 21.5 Å². The fourth-order valence-electron chi connectivity index (χ4n) is 2.54. The number of alkyl halides is 3. The number of fused-ring (bicyclic) bond motifs is 1. The van der Waals surface area contributed by atoms with Crippen molar-refractivity contribution in [2.24, 2.45) is 0 Å². The van der Waals surface area contributed by atoms with Crippen molar-refractivity contribution in [1.29, 1.82) is 0 Å². The molecule has 1 N–H and O–H groups in total. The van der Waals surface area contributed by atoms with Gasteiger partial charge in [-0.25, -0.2) is 19.2 Å². The molecule has 0 spiro atoms. The predicted octanol–water partition coefficient (Wildman–Crippen LogP) is 1.29. The molecule has 0 fully saturated rings. The third-order valence-corrected chi connectivity index (χ3v) is 5.91. The van der Waals surface area contributed by atoms with Crippen molar-refractivity contribution in [1.82, 2.24) is 23.1 Å². The fourth-order valence-corrected chi connectivity index (χ4v) is 3.66. The third kappa shape index (κ3) is 6.11. The molecule has 172 valence electrons. The van der Waals surface area contributed by atoms with Crippen molar-refractivity contribution >= 4 is 16.2 Å². The van der Waals surface area contributed by atoms with Crippen molar-refractivity contribution in [3.63, 3.8) is 0 Å². The molecule has 2 aromatic rings. The van der Waals surface area contributed by atoms with Crippen LogP contribution in [0.1, 0.15) is 11.7 Å². The van der Waals surface area contributed by atoms with Crippen LogP contribution in [-0.4, -0.2) is 76.1 Å². The molecule has 0 saturated carbocycles. The second-order valence-corrected chi connectivity index (χ2v) is 8.58. The number of hydrogen-bond donors (Lipinski definition) is 1. The van der Waals surface area contributed by atoms with Gasteiger partial charge in [0, 0.05) is 33.0 Å². The van der Waals surface area contributed by atoms with Crippen LogP contribution in [0.3, 0.4) is 0 Å². The molecule has 0 radical (unpaired) electrons. The number of carboxylic acid groups (broad SMARTS) is 1. The minimum atomic E-state index is -5.08. The number of ether oxygens (including phenoxy) is 1. The number of aliphatic carboxylic acids is 1. The summed E-state index contributed by atoms with van der Waals surface area (Å²) in [4.78, 5) is 16.8. The summed E-state index contributed by atoms with van der Waals surface area (Å²) in [7, 11) is -0.600. The molecule has 31 heavy (non-hydrogen) atoms. The Bertz CT molecular complexity index is 1010. The van der Waals surface area contributed by atoms with Gasteiger partial charge in [-0.1, -0.05) is 0 Å². The van der Waals surface area contributed by atoms with Crippen molar-refractivity contribution in [2.45, 2.75) is 18.8 Å². The lowest BCUT2D eigenvalue weighted by molar-refractivity contribution is -0.192. The molecule has 1 aliphatic heterocycles. The molecule has 0 saturated heterocycles. The SMILES string of the molecule is CN(C)S(=O)(=O)N1Cc2cncn2C(COc2ncccc2F)C1.O=C(O)C(F)(F)F. The number of rotatable bonds is 5. The van der Waals surface area contributed by atoms with Gasteiger partial charge in [0.25, 0.3) is 10.2 Å². The van der Waals surface area contributed by atoms with E-state index in [2.05, 4.69) is 9.97 Å². The molecule has 3 heterocycles. The van der Waals surface area contributed by atoms with E-state index in [1.807, 2.05) is 4.57 Å². The largest absolute Gasteiger partial charge is 0.490 e. The third-order valence-electron chi connectivity index (χ3n) is 4.06. The fraction of sp³-hybridized carbons (Fsp3) is 0.438. The van der Waals surface area contributed by atoms with Gasteiger partial charge in [-0.05, 0) is 12.1 Å². The van der Waals surface area contributed by atoms with Crippen LogP contribution < -0.4 is 4.74 Å². The maximum Gasteiger partial charge on any atom is 0.490 e. The maximum absolute atomic E-state index is 13.6. The van der Waals surface area contributed by atoms with Crippen LogP contribution in [0.25, 0.3) is 0 Å². The van der Waals surface area contributed by atoms with Gasteiger partial charge in [-0.2, -0.15) is 30.2 Å². The zero-order valence-corrected chi connectivity index (χ0v) is 17.1. The van der Waals surface area contributed by atoms with E-state index in [9.17, 15) is 26.0 Å². The zero-order chi connectivity index (χ0) is 23.4. The predicted molar refractivity (Wildman–Crippen MR) is 97.7 cm³/mol. The topological polar surface area (TPSA) is 118 Å². The van der Waals surface area contributed by atoms with Crippen LogP contribution in [0.4, 0.5) is 17.6 Å². The minimum Gasteiger partial charge on any atom is -0.475 e. The first-order valence-corrected chi connectivity index (χ1v) is 9.95. The second-order valence-electron chi connectivity index (χ2n) is 6.43. The molecule has 2 aromatic heterocycles. The van der Waals surface area contributed by atoms with Crippen molar-refractivity contribution in [2.75, 3.05) is 27.2 Å². The number of nitrogens with zero attached hydrogens (tertiary/aromatic N) is 5. The van der Waals surface area contributed by atoms with E-state index >= 15 is 0 Å². The van der Waals surface area contributed by atoms with Crippen molar-refractivity contribution in [3.05, 3.63) is 42.4 Å². The average Bonchev–Trinajstić information content (AvgIpc) is 3.15. The lowest BCUT2D eigenvalue weighted by atomic mass is 10.2. The Morgan fingerprint density at radius 3 is 2.58 bits per heavy atom. The van der Waals surface area contributed by atoms with E-state index in [1.165, 1.54) is 36.7 Å².